The van der Waals surface area contributed by atoms with E-state index in [0.29, 0.717) is 6.54 Å². The topological polar surface area (TPSA) is 72.8 Å². The number of fused-ring (bicyclic) bond motifs is 1. The third kappa shape index (κ3) is 5.91. The van der Waals surface area contributed by atoms with Crippen LogP contribution < -0.4 is 10.6 Å². The van der Waals surface area contributed by atoms with E-state index in [1.54, 1.807) is 0 Å². The Labute approximate surface area is 161 Å². The fraction of sp³-hybridized carbons (Fsp3) is 0.524. The first-order valence-electron chi connectivity index (χ1n) is 10.0. The number of aliphatic imine (C=N–C) groups is 1. The van der Waals surface area contributed by atoms with E-state index >= 15 is 0 Å². The molecule has 0 spiro atoms. The number of benzene rings is 1. The third-order valence-electron chi connectivity index (χ3n) is 4.99. The molecule has 0 radical (unpaired) electrons. The van der Waals surface area contributed by atoms with Gasteiger partial charge in [-0.1, -0.05) is 18.2 Å². The maximum atomic E-state index is 9.58. The molecule has 2 heterocycles. The molecule has 1 saturated heterocycles. The van der Waals surface area contributed by atoms with Crippen LogP contribution in [-0.4, -0.2) is 59.8 Å². The fourth-order valence-electron chi connectivity index (χ4n) is 3.45. The van der Waals surface area contributed by atoms with Crippen molar-refractivity contribution in [3.05, 3.63) is 42.1 Å². The maximum Gasteiger partial charge on any atom is 0.191 e. The first-order chi connectivity index (χ1) is 13.3. The monoisotopic (exact) mass is 369 g/mol. The van der Waals surface area contributed by atoms with Crippen molar-refractivity contribution < 1.29 is 5.11 Å². The lowest BCUT2D eigenvalue weighted by Gasteiger charge is -2.29. The number of piperidine rings is 1. The molecule has 1 aromatic carbocycles. The molecular formula is C21H31N5O. The number of para-hydroxylation sites is 1. The van der Waals surface area contributed by atoms with E-state index in [0.717, 1.165) is 68.8 Å². The number of guanidine groups is 1. The van der Waals surface area contributed by atoms with Crippen LogP contribution in [0.25, 0.3) is 10.9 Å². The van der Waals surface area contributed by atoms with Crippen molar-refractivity contribution in [2.75, 3.05) is 32.7 Å². The Bertz CT molecular complexity index is 735. The van der Waals surface area contributed by atoms with Crippen LogP contribution in [0.2, 0.25) is 0 Å². The molecule has 146 valence electrons. The molecule has 3 N–H and O–H groups in total. The standard InChI is InChI=1S/C21H31N5O/c1-2-22-21(24-11-5-13-26-14-9-18(27)10-15-26)25-16-17-8-12-23-20-7-4-3-6-19(17)20/h3-4,6-8,12,18,27H,2,5,9-11,13-16H2,1H3,(H2,22,24,25). The number of nitrogens with zero attached hydrogens (tertiary/aromatic N) is 3. The van der Waals surface area contributed by atoms with E-state index in [2.05, 4.69) is 33.5 Å². The summed E-state index contributed by atoms with van der Waals surface area (Å²) in [5.41, 5.74) is 2.19. The lowest BCUT2D eigenvalue weighted by molar-refractivity contribution is 0.0823. The molecule has 0 atom stereocenters. The molecule has 1 aliphatic heterocycles. The molecule has 27 heavy (non-hydrogen) atoms. The fourth-order valence-corrected chi connectivity index (χ4v) is 3.45. The zero-order chi connectivity index (χ0) is 18.9. The minimum absolute atomic E-state index is 0.101. The van der Waals surface area contributed by atoms with Crippen molar-refractivity contribution in [2.45, 2.75) is 38.8 Å². The first kappa shape index (κ1) is 19.6. The van der Waals surface area contributed by atoms with Gasteiger partial charge in [-0.05, 0) is 50.4 Å². The molecule has 0 amide bonds. The summed E-state index contributed by atoms with van der Waals surface area (Å²) in [6.07, 6.45) is 4.62. The van der Waals surface area contributed by atoms with Gasteiger partial charge in [-0.25, -0.2) is 4.99 Å². The zero-order valence-electron chi connectivity index (χ0n) is 16.2. The summed E-state index contributed by atoms with van der Waals surface area (Å²) in [5.74, 6) is 0.854. The summed E-state index contributed by atoms with van der Waals surface area (Å²) in [4.78, 5) is 11.6. The Morgan fingerprint density at radius 1 is 1.22 bits per heavy atom. The van der Waals surface area contributed by atoms with Crippen molar-refractivity contribution in [2.24, 2.45) is 4.99 Å². The van der Waals surface area contributed by atoms with E-state index in [9.17, 15) is 5.11 Å². The normalized spacial score (nSPS) is 16.6. The van der Waals surface area contributed by atoms with Crippen molar-refractivity contribution in [3.63, 3.8) is 0 Å². The summed E-state index contributed by atoms with van der Waals surface area (Å²) in [6.45, 7) is 7.51. The smallest absolute Gasteiger partial charge is 0.191 e. The van der Waals surface area contributed by atoms with Gasteiger partial charge in [0.25, 0.3) is 0 Å². The molecule has 1 aliphatic rings. The Morgan fingerprint density at radius 2 is 2.04 bits per heavy atom. The van der Waals surface area contributed by atoms with Crippen LogP contribution in [0.3, 0.4) is 0 Å². The highest BCUT2D eigenvalue weighted by molar-refractivity contribution is 5.83. The number of hydrogen-bond donors (Lipinski definition) is 3. The predicted octanol–water partition coefficient (Wildman–Crippen LogP) is 2.14. The average molecular weight is 370 g/mol. The lowest BCUT2D eigenvalue weighted by atomic mass is 10.1. The molecule has 1 fully saturated rings. The Kier molecular flexibility index (Phi) is 7.42. The van der Waals surface area contributed by atoms with Gasteiger partial charge in [-0.3, -0.25) is 4.98 Å². The van der Waals surface area contributed by atoms with Crippen molar-refractivity contribution in [3.8, 4) is 0 Å². The van der Waals surface area contributed by atoms with Crippen LogP contribution in [0.1, 0.15) is 31.7 Å². The molecule has 0 aliphatic carbocycles. The van der Waals surface area contributed by atoms with E-state index in [-0.39, 0.29) is 6.10 Å². The van der Waals surface area contributed by atoms with E-state index < -0.39 is 0 Å². The van der Waals surface area contributed by atoms with Crippen LogP contribution in [-0.2, 0) is 6.54 Å². The highest BCUT2D eigenvalue weighted by Gasteiger charge is 2.16. The Hall–Kier alpha value is -2.18. The second-order valence-corrected chi connectivity index (χ2v) is 7.04. The van der Waals surface area contributed by atoms with Gasteiger partial charge >= 0.3 is 0 Å². The third-order valence-corrected chi connectivity index (χ3v) is 4.99. The molecule has 0 saturated carbocycles. The molecule has 6 heteroatoms. The number of rotatable bonds is 7. The second-order valence-electron chi connectivity index (χ2n) is 7.04. The summed E-state index contributed by atoms with van der Waals surface area (Å²) >= 11 is 0. The van der Waals surface area contributed by atoms with Gasteiger partial charge < -0.3 is 20.6 Å². The number of aliphatic hydroxyl groups is 1. The molecular weight excluding hydrogens is 338 g/mol. The van der Waals surface area contributed by atoms with Gasteiger partial charge in [-0.2, -0.15) is 0 Å². The van der Waals surface area contributed by atoms with Crippen LogP contribution in [0.5, 0.6) is 0 Å². The molecule has 6 nitrogen and oxygen atoms in total. The van der Waals surface area contributed by atoms with Gasteiger partial charge in [0, 0.05) is 37.8 Å². The number of pyridine rings is 1. The van der Waals surface area contributed by atoms with E-state index in [4.69, 9.17) is 4.99 Å². The SMILES string of the molecule is CCNC(=NCc1ccnc2ccccc12)NCCCN1CCC(O)CC1. The van der Waals surface area contributed by atoms with E-state index in [1.807, 2.05) is 30.5 Å². The molecule has 1 aromatic heterocycles. The van der Waals surface area contributed by atoms with Crippen LogP contribution in [0.4, 0.5) is 0 Å². The number of likely N-dealkylation sites (tertiary alicyclic amines) is 1. The summed E-state index contributed by atoms with van der Waals surface area (Å²) in [5, 5.41) is 17.5. The Balaban J connectivity index is 1.50. The number of hydrogen-bond acceptors (Lipinski definition) is 4. The molecule has 0 unspecified atom stereocenters. The lowest BCUT2D eigenvalue weighted by Crippen LogP contribution is -2.40. The first-order valence-corrected chi connectivity index (χ1v) is 10.0. The highest BCUT2D eigenvalue weighted by atomic mass is 16.3. The van der Waals surface area contributed by atoms with Gasteiger partial charge in [0.1, 0.15) is 0 Å². The summed E-state index contributed by atoms with van der Waals surface area (Å²) < 4.78 is 0. The predicted molar refractivity (Wildman–Crippen MR) is 111 cm³/mol. The quantitative estimate of drug-likeness (QED) is 0.396. The Morgan fingerprint density at radius 3 is 2.85 bits per heavy atom. The molecule has 2 aromatic rings. The summed E-state index contributed by atoms with van der Waals surface area (Å²) in [7, 11) is 0. The number of nitrogens with one attached hydrogen (secondary N) is 2. The highest BCUT2D eigenvalue weighted by Crippen LogP contribution is 2.16. The van der Waals surface area contributed by atoms with Gasteiger partial charge in [0.05, 0.1) is 18.2 Å². The van der Waals surface area contributed by atoms with E-state index in [1.165, 1.54) is 5.56 Å². The average Bonchev–Trinajstić information content (AvgIpc) is 2.70. The van der Waals surface area contributed by atoms with Crippen LogP contribution >= 0.6 is 0 Å². The van der Waals surface area contributed by atoms with Gasteiger partial charge in [0.15, 0.2) is 5.96 Å². The maximum absolute atomic E-state index is 9.58. The van der Waals surface area contributed by atoms with Crippen LogP contribution in [0, 0.1) is 0 Å². The minimum Gasteiger partial charge on any atom is -0.393 e. The van der Waals surface area contributed by atoms with Crippen molar-refractivity contribution in [1.29, 1.82) is 0 Å². The minimum atomic E-state index is -0.101. The second kappa shape index (κ2) is 10.2. The van der Waals surface area contributed by atoms with Gasteiger partial charge in [-0.15, -0.1) is 0 Å². The number of aromatic nitrogens is 1. The number of aliphatic hydroxyl groups excluding tert-OH is 1. The van der Waals surface area contributed by atoms with Gasteiger partial charge in [0.2, 0.25) is 0 Å². The largest absolute Gasteiger partial charge is 0.393 e. The van der Waals surface area contributed by atoms with Crippen molar-refractivity contribution >= 4 is 16.9 Å². The molecule has 3 rings (SSSR count). The zero-order valence-corrected chi connectivity index (χ0v) is 16.2. The summed E-state index contributed by atoms with van der Waals surface area (Å²) in [6, 6.07) is 10.2. The molecule has 0 bridgehead atoms. The van der Waals surface area contributed by atoms with Crippen molar-refractivity contribution in [1.82, 2.24) is 20.5 Å². The van der Waals surface area contributed by atoms with Crippen LogP contribution in [0.15, 0.2) is 41.5 Å².